The lowest BCUT2D eigenvalue weighted by Crippen LogP contribution is -2.49. The standard InChI is InChI=1S/C19H28N2O3/c22-18-4-1-15(2-5-18)3-6-19(23)20-16-7-11-21(12-8-16)17-9-13-24-14-10-17/h1-2,4-5,16-17,22H,3,6-14H2,(H,20,23). The van der Waals surface area contributed by atoms with Crippen molar-refractivity contribution in [2.24, 2.45) is 0 Å². The number of nitrogens with one attached hydrogen (secondary N) is 1. The summed E-state index contributed by atoms with van der Waals surface area (Å²) in [6.07, 6.45) is 5.59. The topological polar surface area (TPSA) is 61.8 Å². The fourth-order valence-corrected chi connectivity index (χ4v) is 3.68. The van der Waals surface area contributed by atoms with Crippen LogP contribution >= 0.6 is 0 Å². The highest BCUT2D eigenvalue weighted by molar-refractivity contribution is 5.76. The molecular formula is C19H28N2O3. The van der Waals surface area contributed by atoms with Crippen LogP contribution in [0.4, 0.5) is 0 Å². The van der Waals surface area contributed by atoms with Gasteiger partial charge in [-0.15, -0.1) is 0 Å². The summed E-state index contributed by atoms with van der Waals surface area (Å²) in [7, 11) is 0. The van der Waals surface area contributed by atoms with Crippen LogP contribution < -0.4 is 5.32 Å². The molecule has 0 aromatic heterocycles. The van der Waals surface area contributed by atoms with E-state index in [1.54, 1.807) is 12.1 Å². The molecule has 0 bridgehead atoms. The Morgan fingerprint density at radius 1 is 1.12 bits per heavy atom. The molecule has 0 saturated carbocycles. The first kappa shape index (κ1) is 17.2. The van der Waals surface area contributed by atoms with Crippen molar-refractivity contribution in [2.75, 3.05) is 26.3 Å². The molecule has 5 heteroatoms. The number of piperidine rings is 1. The molecule has 2 heterocycles. The molecule has 0 aliphatic carbocycles. The Kier molecular flexibility index (Phi) is 6.10. The number of aryl methyl sites for hydroxylation is 1. The van der Waals surface area contributed by atoms with E-state index >= 15 is 0 Å². The first-order valence-electron chi connectivity index (χ1n) is 9.10. The maximum atomic E-state index is 12.1. The van der Waals surface area contributed by atoms with Gasteiger partial charge in [-0.25, -0.2) is 0 Å². The minimum absolute atomic E-state index is 0.132. The van der Waals surface area contributed by atoms with Crippen molar-refractivity contribution in [3.8, 4) is 5.75 Å². The number of ether oxygens (including phenoxy) is 1. The van der Waals surface area contributed by atoms with Crippen molar-refractivity contribution in [3.63, 3.8) is 0 Å². The Morgan fingerprint density at radius 3 is 2.46 bits per heavy atom. The number of phenolic OH excluding ortho intramolecular Hbond substituents is 1. The van der Waals surface area contributed by atoms with Crippen LogP contribution in [0.25, 0.3) is 0 Å². The van der Waals surface area contributed by atoms with E-state index in [4.69, 9.17) is 4.74 Å². The van der Waals surface area contributed by atoms with Crippen molar-refractivity contribution in [1.29, 1.82) is 0 Å². The van der Waals surface area contributed by atoms with Gasteiger partial charge in [0, 0.05) is 44.8 Å². The highest BCUT2D eigenvalue weighted by atomic mass is 16.5. The Balaban J connectivity index is 1.36. The SMILES string of the molecule is O=C(CCc1ccc(O)cc1)NC1CCN(C2CCOCC2)CC1. The van der Waals surface area contributed by atoms with Gasteiger partial charge in [0.1, 0.15) is 5.75 Å². The number of amides is 1. The number of benzene rings is 1. The normalized spacial score (nSPS) is 20.8. The Bertz CT molecular complexity index is 518. The van der Waals surface area contributed by atoms with Crippen LogP contribution in [0.3, 0.4) is 0 Å². The molecule has 0 radical (unpaired) electrons. The lowest BCUT2D eigenvalue weighted by molar-refractivity contribution is -0.122. The van der Waals surface area contributed by atoms with Crippen molar-refractivity contribution in [2.45, 2.75) is 50.6 Å². The van der Waals surface area contributed by atoms with Crippen molar-refractivity contribution >= 4 is 5.91 Å². The van der Waals surface area contributed by atoms with Crippen molar-refractivity contribution < 1.29 is 14.6 Å². The van der Waals surface area contributed by atoms with Crippen LogP contribution in [0, 0.1) is 0 Å². The van der Waals surface area contributed by atoms with Gasteiger partial charge in [-0.05, 0) is 49.8 Å². The van der Waals surface area contributed by atoms with Gasteiger partial charge in [0.15, 0.2) is 0 Å². The van der Waals surface area contributed by atoms with Crippen LogP contribution in [-0.4, -0.2) is 54.3 Å². The summed E-state index contributed by atoms with van der Waals surface area (Å²) in [6, 6.07) is 8.06. The molecule has 2 fully saturated rings. The lowest BCUT2D eigenvalue weighted by atomic mass is 9.99. The second kappa shape index (κ2) is 8.49. The molecule has 2 aliphatic heterocycles. The van der Waals surface area contributed by atoms with E-state index in [2.05, 4.69) is 10.2 Å². The number of carbonyl (C=O) groups excluding carboxylic acids is 1. The maximum Gasteiger partial charge on any atom is 0.220 e. The highest BCUT2D eigenvalue weighted by Crippen LogP contribution is 2.20. The van der Waals surface area contributed by atoms with Gasteiger partial charge in [0.25, 0.3) is 0 Å². The number of nitrogens with zero attached hydrogens (tertiary/aromatic N) is 1. The van der Waals surface area contributed by atoms with Crippen molar-refractivity contribution in [1.82, 2.24) is 10.2 Å². The Labute approximate surface area is 144 Å². The predicted octanol–water partition coefficient (Wildman–Crippen LogP) is 2.08. The zero-order chi connectivity index (χ0) is 16.8. The number of rotatable bonds is 5. The zero-order valence-electron chi connectivity index (χ0n) is 14.2. The van der Waals surface area contributed by atoms with Gasteiger partial charge < -0.3 is 20.1 Å². The lowest BCUT2D eigenvalue weighted by Gasteiger charge is -2.39. The molecular weight excluding hydrogens is 304 g/mol. The highest BCUT2D eigenvalue weighted by Gasteiger charge is 2.26. The molecule has 132 valence electrons. The molecule has 2 N–H and O–H groups in total. The second-order valence-electron chi connectivity index (χ2n) is 6.89. The average molecular weight is 332 g/mol. The number of carbonyl (C=O) groups is 1. The predicted molar refractivity (Wildman–Crippen MR) is 93.0 cm³/mol. The van der Waals surface area contributed by atoms with E-state index in [1.807, 2.05) is 12.1 Å². The van der Waals surface area contributed by atoms with E-state index in [0.29, 0.717) is 24.9 Å². The van der Waals surface area contributed by atoms with Crippen LogP contribution in [-0.2, 0) is 16.0 Å². The van der Waals surface area contributed by atoms with Gasteiger partial charge in [0.2, 0.25) is 5.91 Å². The number of hydrogen-bond acceptors (Lipinski definition) is 4. The average Bonchev–Trinajstić information content (AvgIpc) is 2.63. The molecule has 1 amide bonds. The van der Waals surface area contributed by atoms with Crippen LogP contribution in [0.15, 0.2) is 24.3 Å². The summed E-state index contributed by atoms with van der Waals surface area (Å²) < 4.78 is 5.44. The maximum absolute atomic E-state index is 12.1. The van der Waals surface area contributed by atoms with Gasteiger partial charge in [0.05, 0.1) is 0 Å². The summed E-state index contributed by atoms with van der Waals surface area (Å²) in [5, 5.41) is 12.5. The smallest absolute Gasteiger partial charge is 0.220 e. The molecule has 0 atom stereocenters. The van der Waals surface area contributed by atoms with Crippen LogP contribution in [0.1, 0.15) is 37.7 Å². The molecule has 1 aromatic carbocycles. The number of hydrogen-bond donors (Lipinski definition) is 2. The minimum Gasteiger partial charge on any atom is -0.508 e. The van der Waals surface area contributed by atoms with E-state index in [-0.39, 0.29) is 11.7 Å². The van der Waals surface area contributed by atoms with Gasteiger partial charge >= 0.3 is 0 Å². The number of likely N-dealkylation sites (tertiary alicyclic amines) is 1. The third-order valence-electron chi connectivity index (χ3n) is 5.18. The van der Waals surface area contributed by atoms with Crippen LogP contribution in [0.5, 0.6) is 5.75 Å². The van der Waals surface area contributed by atoms with E-state index < -0.39 is 0 Å². The minimum atomic E-state index is 0.132. The van der Waals surface area contributed by atoms with Gasteiger partial charge in [-0.3, -0.25) is 4.79 Å². The fourth-order valence-electron chi connectivity index (χ4n) is 3.68. The Morgan fingerprint density at radius 2 is 1.79 bits per heavy atom. The van der Waals surface area contributed by atoms with E-state index in [9.17, 15) is 9.90 Å². The summed E-state index contributed by atoms with van der Waals surface area (Å²) in [5.74, 6) is 0.395. The third kappa shape index (κ3) is 4.95. The molecule has 1 aromatic rings. The number of aromatic hydroxyl groups is 1. The quantitative estimate of drug-likeness (QED) is 0.867. The first-order valence-corrected chi connectivity index (χ1v) is 9.10. The molecule has 0 spiro atoms. The second-order valence-corrected chi connectivity index (χ2v) is 6.89. The summed E-state index contributed by atoms with van der Waals surface area (Å²) >= 11 is 0. The molecule has 2 aliphatic rings. The van der Waals surface area contributed by atoms with Crippen LogP contribution in [0.2, 0.25) is 0 Å². The molecule has 0 unspecified atom stereocenters. The fraction of sp³-hybridized carbons (Fsp3) is 0.632. The third-order valence-corrected chi connectivity index (χ3v) is 5.18. The first-order chi connectivity index (χ1) is 11.7. The zero-order valence-corrected chi connectivity index (χ0v) is 14.2. The summed E-state index contributed by atoms with van der Waals surface area (Å²) in [6.45, 7) is 3.93. The molecule has 5 nitrogen and oxygen atoms in total. The van der Waals surface area contributed by atoms with Gasteiger partial charge in [-0.1, -0.05) is 12.1 Å². The van der Waals surface area contributed by atoms with Crippen molar-refractivity contribution in [3.05, 3.63) is 29.8 Å². The molecule has 3 rings (SSSR count). The van der Waals surface area contributed by atoms with Gasteiger partial charge in [-0.2, -0.15) is 0 Å². The van der Waals surface area contributed by atoms with E-state index in [0.717, 1.165) is 57.6 Å². The molecule has 2 saturated heterocycles. The largest absolute Gasteiger partial charge is 0.508 e. The van der Waals surface area contributed by atoms with E-state index in [1.165, 1.54) is 0 Å². The Hall–Kier alpha value is -1.59. The summed E-state index contributed by atoms with van der Waals surface area (Å²) in [4.78, 5) is 14.7. The summed E-state index contributed by atoms with van der Waals surface area (Å²) in [5.41, 5.74) is 1.08. The number of phenols is 1. The monoisotopic (exact) mass is 332 g/mol. The molecule has 24 heavy (non-hydrogen) atoms.